The summed E-state index contributed by atoms with van der Waals surface area (Å²) in [5.41, 5.74) is 1.45. The lowest BCUT2D eigenvalue weighted by Crippen LogP contribution is -1.91. The number of rotatable bonds is 3. The first-order chi connectivity index (χ1) is 9.19. The van der Waals surface area contributed by atoms with Crippen LogP contribution in [0.4, 0.5) is 5.69 Å². The highest BCUT2D eigenvalue weighted by molar-refractivity contribution is 14.2. The number of pyridine rings is 1. The fourth-order valence-electron chi connectivity index (χ4n) is 1.69. The van der Waals surface area contributed by atoms with E-state index in [1.807, 2.05) is 0 Å². The Labute approximate surface area is 121 Å². The number of nitro groups is 1. The molecule has 10 heteroatoms. The molecular weight excluding hydrogens is 382 g/mol. The Hall–Kier alpha value is -1.61. The van der Waals surface area contributed by atoms with E-state index in [0.29, 0.717) is 12.1 Å². The standard InChI is InChI=1S/C9H6IN6O2P/c10-19-15-4-8(16(17)18)9(14-15)7-1-6-5(2-11-7)3-12-13-6/h1-4,19H,(H,12,13). The predicted molar refractivity (Wildman–Crippen MR) is 79.5 cm³/mol. The summed E-state index contributed by atoms with van der Waals surface area (Å²) in [7, 11) is 0. The molecule has 0 fully saturated rings. The van der Waals surface area contributed by atoms with Crippen molar-refractivity contribution >= 4 is 45.0 Å². The van der Waals surface area contributed by atoms with Gasteiger partial charge < -0.3 is 0 Å². The van der Waals surface area contributed by atoms with Crippen molar-refractivity contribution in [2.45, 2.75) is 0 Å². The molecule has 0 aliphatic heterocycles. The van der Waals surface area contributed by atoms with Crippen LogP contribution in [0.15, 0.2) is 24.7 Å². The van der Waals surface area contributed by atoms with Gasteiger partial charge in [0.25, 0.3) is 0 Å². The van der Waals surface area contributed by atoms with E-state index in [0.717, 1.165) is 10.9 Å². The third-order valence-corrected chi connectivity index (χ3v) is 4.43. The molecule has 0 amide bonds. The zero-order chi connectivity index (χ0) is 13.4. The van der Waals surface area contributed by atoms with Gasteiger partial charge in [0.2, 0.25) is 0 Å². The number of hydrogen-bond acceptors (Lipinski definition) is 5. The second-order valence-corrected chi connectivity index (χ2v) is 5.75. The Bertz CT molecular complexity index is 769. The Kier molecular flexibility index (Phi) is 3.15. The molecule has 19 heavy (non-hydrogen) atoms. The van der Waals surface area contributed by atoms with Crippen molar-refractivity contribution in [3.63, 3.8) is 0 Å². The number of nitrogens with one attached hydrogen (secondary N) is 1. The summed E-state index contributed by atoms with van der Waals surface area (Å²) in [6, 6.07) is 1.71. The third kappa shape index (κ3) is 2.19. The van der Waals surface area contributed by atoms with Gasteiger partial charge in [0.05, 0.1) is 28.7 Å². The number of hydrogen-bond donors (Lipinski definition) is 1. The second-order valence-electron chi connectivity index (χ2n) is 3.68. The molecule has 3 rings (SSSR count). The van der Waals surface area contributed by atoms with E-state index in [4.69, 9.17) is 0 Å². The second kappa shape index (κ2) is 4.82. The zero-order valence-electron chi connectivity index (χ0n) is 9.24. The average molecular weight is 388 g/mol. The Morgan fingerprint density at radius 2 is 2.32 bits per heavy atom. The van der Waals surface area contributed by atoms with Gasteiger partial charge in [-0.05, 0) is 28.1 Å². The molecule has 1 atom stereocenters. The number of nitrogens with zero attached hydrogens (tertiary/aromatic N) is 5. The molecule has 0 aliphatic rings. The average Bonchev–Trinajstić information content (AvgIpc) is 3.04. The molecule has 8 nitrogen and oxygen atoms in total. The van der Waals surface area contributed by atoms with Crippen LogP contribution in [0, 0.1) is 10.1 Å². The Balaban J connectivity index is 2.19. The largest absolute Gasteiger partial charge is 0.316 e. The topological polar surface area (TPSA) is 103 Å². The zero-order valence-corrected chi connectivity index (χ0v) is 12.4. The summed E-state index contributed by atoms with van der Waals surface area (Å²) in [4.78, 5) is 14.8. The van der Waals surface area contributed by atoms with E-state index in [2.05, 4.69) is 42.3 Å². The van der Waals surface area contributed by atoms with E-state index >= 15 is 0 Å². The molecule has 0 saturated heterocycles. The summed E-state index contributed by atoms with van der Waals surface area (Å²) in [6.07, 6.45) is 4.97. The molecule has 0 saturated carbocycles. The van der Waals surface area contributed by atoms with Crippen LogP contribution in [-0.4, -0.2) is 29.7 Å². The van der Waals surface area contributed by atoms with E-state index in [9.17, 15) is 10.1 Å². The van der Waals surface area contributed by atoms with Crippen LogP contribution >= 0.6 is 28.4 Å². The quantitative estimate of drug-likeness (QED) is 0.322. The minimum Gasteiger partial charge on any atom is -0.278 e. The lowest BCUT2D eigenvalue weighted by molar-refractivity contribution is -0.384. The molecule has 3 heterocycles. The maximum atomic E-state index is 11.0. The molecule has 1 unspecified atom stereocenters. The first-order valence-electron chi connectivity index (χ1n) is 5.09. The van der Waals surface area contributed by atoms with E-state index in [1.54, 1.807) is 18.5 Å². The minimum absolute atomic E-state index is 0.0458. The van der Waals surface area contributed by atoms with Crippen LogP contribution in [0.1, 0.15) is 0 Å². The van der Waals surface area contributed by atoms with Crippen molar-refractivity contribution in [2.24, 2.45) is 0 Å². The first-order valence-corrected chi connectivity index (χ1v) is 9.15. The van der Waals surface area contributed by atoms with Gasteiger partial charge >= 0.3 is 5.69 Å². The highest BCUT2D eigenvalue weighted by Crippen LogP contribution is 2.33. The maximum absolute atomic E-state index is 11.0. The molecule has 0 bridgehead atoms. The van der Waals surface area contributed by atoms with Crippen LogP contribution in [0.3, 0.4) is 0 Å². The molecule has 0 aromatic carbocycles. The van der Waals surface area contributed by atoms with E-state index in [1.165, 1.54) is 10.6 Å². The van der Waals surface area contributed by atoms with Crippen LogP contribution in [0.25, 0.3) is 22.3 Å². The van der Waals surface area contributed by atoms with Crippen LogP contribution in [-0.2, 0) is 0 Å². The SMILES string of the molecule is O=[N+]([O-])c1cn(PI)nc1-c1cc2[nH]ncc2cn1. The molecule has 0 aliphatic carbocycles. The molecule has 3 aromatic heterocycles. The summed E-state index contributed by atoms with van der Waals surface area (Å²) >= 11 is 2.11. The fraction of sp³-hybridized carbons (Fsp3) is 0. The van der Waals surface area contributed by atoms with Gasteiger partial charge in [-0.3, -0.25) is 20.2 Å². The van der Waals surface area contributed by atoms with Crippen molar-refractivity contribution in [1.29, 1.82) is 0 Å². The maximum Gasteiger partial charge on any atom is 0.316 e. The lowest BCUT2D eigenvalue weighted by Gasteiger charge is -1.96. The minimum atomic E-state index is -0.450. The molecule has 0 radical (unpaired) electrons. The van der Waals surface area contributed by atoms with Crippen LogP contribution < -0.4 is 0 Å². The number of halogens is 1. The van der Waals surface area contributed by atoms with Gasteiger partial charge in [-0.25, -0.2) is 4.45 Å². The number of H-pyrrole nitrogens is 1. The number of fused-ring (bicyclic) bond motifs is 1. The van der Waals surface area contributed by atoms with E-state index < -0.39 is 4.92 Å². The summed E-state index contributed by atoms with van der Waals surface area (Å²) in [5, 5.41) is 22.8. The Morgan fingerprint density at radius 3 is 3.05 bits per heavy atom. The highest BCUT2D eigenvalue weighted by atomic mass is 127. The van der Waals surface area contributed by atoms with Gasteiger partial charge in [0, 0.05) is 11.6 Å². The summed E-state index contributed by atoms with van der Waals surface area (Å²) < 4.78 is 1.53. The summed E-state index contributed by atoms with van der Waals surface area (Å²) in [6.45, 7) is 0. The smallest absolute Gasteiger partial charge is 0.278 e. The monoisotopic (exact) mass is 388 g/mol. The van der Waals surface area contributed by atoms with Gasteiger partial charge in [0.15, 0.2) is 5.69 Å². The van der Waals surface area contributed by atoms with Gasteiger partial charge in [-0.1, -0.05) is 0 Å². The van der Waals surface area contributed by atoms with Gasteiger partial charge in [-0.15, -0.1) is 0 Å². The van der Waals surface area contributed by atoms with Crippen molar-refractivity contribution in [2.75, 3.05) is 0 Å². The molecule has 0 spiro atoms. The van der Waals surface area contributed by atoms with Crippen molar-refractivity contribution in [3.8, 4) is 11.4 Å². The number of aromatic nitrogens is 5. The third-order valence-electron chi connectivity index (χ3n) is 2.54. The van der Waals surface area contributed by atoms with Crippen molar-refractivity contribution in [1.82, 2.24) is 24.7 Å². The van der Waals surface area contributed by atoms with Crippen molar-refractivity contribution < 1.29 is 4.92 Å². The molecule has 1 N–H and O–H groups in total. The van der Waals surface area contributed by atoms with Crippen LogP contribution in [0.2, 0.25) is 0 Å². The first kappa shape index (κ1) is 12.4. The van der Waals surface area contributed by atoms with Crippen LogP contribution in [0.5, 0.6) is 0 Å². The van der Waals surface area contributed by atoms with Gasteiger partial charge in [0.1, 0.15) is 6.20 Å². The molecular formula is C9H6IN6O2P. The molecule has 96 valence electrons. The summed E-state index contributed by atoms with van der Waals surface area (Å²) in [5.74, 6) is 0. The van der Waals surface area contributed by atoms with E-state index in [-0.39, 0.29) is 11.4 Å². The lowest BCUT2D eigenvalue weighted by atomic mass is 10.2. The van der Waals surface area contributed by atoms with Crippen molar-refractivity contribution in [3.05, 3.63) is 34.8 Å². The predicted octanol–water partition coefficient (Wildman–Crippen LogP) is 2.52. The molecule has 3 aromatic rings. The fourth-order valence-corrected chi connectivity index (χ4v) is 2.74. The number of aromatic amines is 1. The highest BCUT2D eigenvalue weighted by Gasteiger charge is 2.22. The van der Waals surface area contributed by atoms with Gasteiger partial charge in [-0.2, -0.15) is 10.2 Å². The normalized spacial score (nSPS) is 11.6. The Morgan fingerprint density at radius 1 is 1.47 bits per heavy atom.